The quantitative estimate of drug-likeness (QED) is 0.112. The van der Waals surface area contributed by atoms with E-state index in [1.165, 1.54) is 22.7 Å². The van der Waals surface area contributed by atoms with Crippen LogP contribution in [0.1, 0.15) is 6.23 Å². The lowest BCUT2D eigenvalue weighted by Gasteiger charge is -2.19. The van der Waals surface area contributed by atoms with Crippen LogP contribution in [-0.4, -0.2) is 80.5 Å². The van der Waals surface area contributed by atoms with Gasteiger partial charge in [-0.2, -0.15) is 8.62 Å². The van der Waals surface area contributed by atoms with E-state index < -0.39 is 54.6 Å². The van der Waals surface area contributed by atoms with Crippen LogP contribution in [0.2, 0.25) is 0 Å². The van der Waals surface area contributed by atoms with Crippen molar-refractivity contribution in [2.75, 3.05) is 18.6 Å². The maximum atomic E-state index is 11.9. The second-order valence-electron chi connectivity index (χ2n) is 6.35. The molecule has 3 heterocycles. The molecule has 186 valence electrons. The predicted octanol–water partition coefficient (Wildman–Crippen LogP) is -0.907. The minimum atomic E-state index is -5.71. The number of rotatable bonds is 9. The standard InChI is InChI=1S/C11H18N5O13P3S/c1-33-11-14-8(12)5-9(15-11)16(3-13-5)10-7(18)6(17)4(27-10)2-26-31(22,23)29-32(24,25)28-30(19,20)21/h3-4,6-7,10,17-18H,2H2,1H3,(H,22,23)(H,24,25)(H2,12,14,15)(H2,19,20,21)/t4-,6+,7?,10-/m1/s1. The first kappa shape index (κ1) is 26.6. The van der Waals surface area contributed by atoms with E-state index in [9.17, 15) is 28.8 Å². The Kier molecular flexibility index (Phi) is 7.71. The largest absolute Gasteiger partial charge is 0.490 e. The number of nitrogens with zero attached hydrogens (tertiary/aromatic N) is 4. The maximum absolute atomic E-state index is 11.9. The molecule has 0 radical (unpaired) electrons. The van der Waals surface area contributed by atoms with Gasteiger partial charge in [-0.15, -0.1) is 0 Å². The molecule has 0 bridgehead atoms. The Labute approximate surface area is 188 Å². The summed E-state index contributed by atoms with van der Waals surface area (Å²) in [5.74, 6) is 0.0559. The molecule has 0 amide bonds. The summed E-state index contributed by atoms with van der Waals surface area (Å²) in [6, 6.07) is 0. The average molecular weight is 553 g/mol. The van der Waals surface area contributed by atoms with Gasteiger partial charge in [-0.05, 0) is 6.26 Å². The first-order valence-corrected chi connectivity index (χ1v) is 14.2. The molecular formula is C11H18N5O13P3S. The van der Waals surface area contributed by atoms with Crippen LogP contribution in [0.5, 0.6) is 0 Å². The molecule has 3 unspecified atom stereocenters. The molecule has 1 aliphatic rings. The normalized spacial score (nSPS) is 27.5. The first-order valence-electron chi connectivity index (χ1n) is 8.46. The van der Waals surface area contributed by atoms with E-state index >= 15 is 0 Å². The van der Waals surface area contributed by atoms with Crippen molar-refractivity contribution in [3.8, 4) is 0 Å². The highest BCUT2D eigenvalue weighted by Crippen LogP contribution is 2.66. The van der Waals surface area contributed by atoms with Gasteiger partial charge in [-0.25, -0.2) is 28.6 Å². The highest BCUT2D eigenvalue weighted by atomic mass is 32.2. The van der Waals surface area contributed by atoms with Crippen molar-refractivity contribution in [1.29, 1.82) is 0 Å². The smallest absolute Gasteiger partial charge is 0.387 e. The van der Waals surface area contributed by atoms with E-state index in [-0.39, 0.29) is 17.0 Å². The van der Waals surface area contributed by atoms with Gasteiger partial charge in [0, 0.05) is 0 Å². The van der Waals surface area contributed by atoms with Crippen LogP contribution in [0.3, 0.4) is 0 Å². The molecule has 22 heteroatoms. The Morgan fingerprint density at radius 2 is 1.79 bits per heavy atom. The van der Waals surface area contributed by atoms with Crippen LogP contribution >= 0.6 is 35.2 Å². The lowest BCUT2D eigenvalue weighted by Crippen LogP contribution is -2.33. The van der Waals surface area contributed by atoms with Crippen LogP contribution < -0.4 is 5.73 Å². The molecule has 2 aromatic heterocycles. The molecule has 0 saturated carbocycles. The summed E-state index contributed by atoms with van der Waals surface area (Å²) in [4.78, 5) is 48.0. The third kappa shape index (κ3) is 6.36. The summed E-state index contributed by atoms with van der Waals surface area (Å²) in [5, 5.41) is 20.9. The molecule has 18 nitrogen and oxygen atoms in total. The van der Waals surface area contributed by atoms with Crippen molar-refractivity contribution >= 4 is 52.2 Å². The summed E-state index contributed by atoms with van der Waals surface area (Å²) in [7, 11) is -16.7. The number of aliphatic hydroxyl groups is 2. The summed E-state index contributed by atoms with van der Waals surface area (Å²) in [6.45, 7) is -0.960. The van der Waals surface area contributed by atoms with Gasteiger partial charge in [0.15, 0.2) is 22.8 Å². The Hall–Kier alpha value is -1.01. The Bertz CT molecular complexity index is 1170. The van der Waals surface area contributed by atoms with Gasteiger partial charge in [0.05, 0.1) is 12.9 Å². The predicted molar refractivity (Wildman–Crippen MR) is 107 cm³/mol. The molecule has 33 heavy (non-hydrogen) atoms. The molecule has 0 aliphatic carbocycles. The van der Waals surface area contributed by atoms with Crippen LogP contribution in [-0.2, 0) is 31.6 Å². The third-order valence-electron chi connectivity index (χ3n) is 4.04. The van der Waals surface area contributed by atoms with Crippen molar-refractivity contribution in [2.45, 2.75) is 29.7 Å². The van der Waals surface area contributed by atoms with Gasteiger partial charge in [0.2, 0.25) is 0 Å². The van der Waals surface area contributed by atoms with Gasteiger partial charge in [-0.3, -0.25) is 9.09 Å². The fourth-order valence-electron chi connectivity index (χ4n) is 2.76. The van der Waals surface area contributed by atoms with Crippen molar-refractivity contribution in [3.63, 3.8) is 0 Å². The molecule has 2 aromatic rings. The minimum Gasteiger partial charge on any atom is -0.387 e. The van der Waals surface area contributed by atoms with E-state index in [1.54, 1.807) is 6.26 Å². The van der Waals surface area contributed by atoms with Gasteiger partial charge in [0.25, 0.3) is 0 Å². The van der Waals surface area contributed by atoms with Crippen molar-refractivity contribution in [2.24, 2.45) is 0 Å². The van der Waals surface area contributed by atoms with E-state index in [2.05, 4.69) is 28.1 Å². The number of phosphoric ester groups is 1. The fraction of sp³-hybridized carbons (Fsp3) is 0.545. The van der Waals surface area contributed by atoms with Crippen LogP contribution in [0.25, 0.3) is 11.2 Å². The number of hydrogen-bond donors (Lipinski definition) is 7. The Morgan fingerprint density at radius 1 is 1.12 bits per heavy atom. The second kappa shape index (κ2) is 9.56. The molecule has 3 rings (SSSR count). The molecule has 0 aromatic carbocycles. The zero-order chi connectivity index (χ0) is 24.8. The maximum Gasteiger partial charge on any atom is 0.490 e. The zero-order valence-corrected chi connectivity index (χ0v) is 19.8. The van der Waals surface area contributed by atoms with Gasteiger partial charge in [0.1, 0.15) is 23.8 Å². The van der Waals surface area contributed by atoms with E-state index in [4.69, 9.17) is 25.2 Å². The molecular weight excluding hydrogens is 535 g/mol. The van der Waals surface area contributed by atoms with Crippen LogP contribution in [0, 0.1) is 0 Å². The summed E-state index contributed by atoms with van der Waals surface area (Å²) >= 11 is 1.18. The van der Waals surface area contributed by atoms with E-state index in [0.29, 0.717) is 5.16 Å². The number of nitrogen functional groups attached to an aromatic ring is 1. The second-order valence-corrected chi connectivity index (χ2v) is 11.5. The average Bonchev–Trinajstić information content (AvgIpc) is 3.19. The van der Waals surface area contributed by atoms with Crippen LogP contribution in [0.15, 0.2) is 11.5 Å². The number of hydrogen-bond acceptors (Lipinski definition) is 14. The number of ether oxygens (including phenoxy) is 1. The number of nitrogens with two attached hydrogens (primary N) is 1. The Morgan fingerprint density at radius 3 is 2.39 bits per heavy atom. The molecule has 0 spiro atoms. The van der Waals surface area contributed by atoms with Crippen molar-refractivity contribution < 1.29 is 61.4 Å². The molecule has 6 atom stereocenters. The summed E-state index contributed by atoms with van der Waals surface area (Å²) < 4.78 is 52.2. The molecule has 1 saturated heterocycles. The van der Waals surface area contributed by atoms with Crippen LogP contribution in [0.4, 0.5) is 5.82 Å². The number of anilines is 1. The fourth-order valence-corrected chi connectivity index (χ4v) is 6.16. The highest BCUT2D eigenvalue weighted by Gasteiger charge is 2.47. The number of imidazole rings is 1. The van der Waals surface area contributed by atoms with Gasteiger partial charge in [-0.1, -0.05) is 11.8 Å². The lowest BCUT2D eigenvalue weighted by atomic mass is 10.1. The number of aromatic nitrogens is 4. The SMILES string of the molecule is CSc1nc(N)c2ncn([C@@H]3O[C@H](COP(=O)(O)OP(=O)(O)OP(=O)(O)O)[C@H](O)C3O)c2n1. The first-order chi connectivity index (χ1) is 15.1. The topological polar surface area (TPSA) is 279 Å². The number of aliphatic hydroxyl groups excluding tert-OH is 2. The lowest BCUT2D eigenvalue weighted by molar-refractivity contribution is -0.0503. The third-order valence-corrected chi connectivity index (χ3v) is 8.39. The number of thioether (sulfide) groups is 1. The minimum absolute atomic E-state index is 0.0559. The zero-order valence-electron chi connectivity index (χ0n) is 16.3. The monoisotopic (exact) mass is 553 g/mol. The highest BCUT2D eigenvalue weighted by molar-refractivity contribution is 7.98. The number of fused-ring (bicyclic) bond motifs is 1. The van der Waals surface area contributed by atoms with Crippen molar-refractivity contribution in [3.05, 3.63) is 6.33 Å². The molecule has 1 fully saturated rings. The number of phosphoric acid groups is 3. The molecule has 8 N–H and O–H groups in total. The summed E-state index contributed by atoms with van der Waals surface area (Å²) in [6.07, 6.45) is -3.14. The molecule has 1 aliphatic heterocycles. The van der Waals surface area contributed by atoms with E-state index in [0.717, 1.165) is 0 Å². The summed E-state index contributed by atoms with van der Waals surface area (Å²) in [5.41, 5.74) is 6.18. The van der Waals surface area contributed by atoms with E-state index in [1.807, 2.05) is 0 Å². The van der Waals surface area contributed by atoms with Crippen molar-refractivity contribution in [1.82, 2.24) is 19.5 Å². The van der Waals surface area contributed by atoms with Gasteiger partial charge >= 0.3 is 23.5 Å². The Balaban J connectivity index is 1.73. The van der Waals surface area contributed by atoms with Gasteiger partial charge < -0.3 is 40.3 Å².